The summed E-state index contributed by atoms with van der Waals surface area (Å²) in [5, 5.41) is 7.59. The number of carbonyl (C=O) groups excluding carboxylic acids is 2. The second kappa shape index (κ2) is 10.8. The average Bonchev–Trinajstić information content (AvgIpc) is 3.21. The number of hydrogen-bond donors (Lipinski definition) is 1. The molecule has 0 atom stereocenters. The van der Waals surface area contributed by atoms with Crippen molar-refractivity contribution < 1.29 is 22.8 Å². The van der Waals surface area contributed by atoms with Gasteiger partial charge >= 0.3 is 6.18 Å². The summed E-state index contributed by atoms with van der Waals surface area (Å²) < 4.78 is 40.4. The van der Waals surface area contributed by atoms with Crippen molar-refractivity contribution in [3.63, 3.8) is 0 Å². The Hall–Kier alpha value is -3.62. The summed E-state index contributed by atoms with van der Waals surface area (Å²) in [4.78, 5) is 27.6. The highest BCUT2D eigenvalue weighted by molar-refractivity contribution is 5.99. The van der Waals surface area contributed by atoms with Gasteiger partial charge in [0.2, 0.25) is 5.91 Å². The van der Waals surface area contributed by atoms with Crippen molar-refractivity contribution >= 4 is 17.6 Å². The number of alkyl halides is 3. The highest BCUT2D eigenvalue weighted by Crippen LogP contribution is 2.29. The lowest BCUT2D eigenvalue weighted by Crippen LogP contribution is -2.40. The molecule has 0 unspecified atom stereocenters. The Bertz CT molecular complexity index is 1260. The van der Waals surface area contributed by atoms with Crippen LogP contribution >= 0.6 is 0 Å². The van der Waals surface area contributed by atoms with Crippen molar-refractivity contribution in [2.75, 3.05) is 18.4 Å². The van der Waals surface area contributed by atoms with Crippen LogP contribution in [0.25, 0.3) is 5.69 Å². The van der Waals surface area contributed by atoms with Gasteiger partial charge in [-0.25, -0.2) is 4.68 Å². The van der Waals surface area contributed by atoms with Gasteiger partial charge in [-0.05, 0) is 54.8 Å². The molecular formula is C28H33F3N4O2. The molecule has 3 rings (SSSR count). The number of aromatic nitrogens is 2. The fourth-order valence-electron chi connectivity index (χ4n) is 3.79. The minimum absolute atomic E-state index is 0.0384. The monoisotopic (exact) mass is 514 g/mol. The third-order valence-electron chi connectivity index (χ3n) is 5.66. The van der Waals surface area contributed by atoms with Crippen molar-refractivity contribution in [1.82, 2.24) is 14.7 Å². The van der Waals surface area contributed by atoms with Gasteiger partial charge in [-0.15, -0.1) is 0 Å². The van der Waals surface area contributed by atoms with Gasteiger partial charge in [0.15, 0.2) is 0 Å². The third-order valence-corrected chi connectivity index (χ3v) is 5.66. The summed E-state index contributed by atoms with van der Waals surface area (Å²) in [6.45, 7) is 11.8. The molecule has 0 spiro atoms. The zero-order valence-corrected chi connectivity index (χ0v) is 22.0. The van der Waals surface area contributed by atoms with Crippen LogP contribution in [0.5, 0.6) is 0 Å². The first kappa shape index (κ1) is 28.0. The molecule has 0 aliphatic heterocycles. The first-order valence-electron chi connectivity index (χ1n) is 12.1. The first-order valence-corrected chi connectivity index (χ1v) is 12.1. The molecule has 6 nitrogen and oxygen atoms in total. The maximum Gasteiger partial charge on any atom is 0.416 e. The van der Waals surface area contributed by atoms with Gasteiger partial charge in [0.1, 0.15) is 12.4 Å². The predicted octanol–water partition coefficient (Wildman–Crippen LogP) is 6.23. The van der Waals surface area contributed by atoms with E-state index in [9.17, 15) is 22.8 Å². The third kappa shape index (κ3) is 7.21. The van der Waals surface area contributed by atoms with E-state index in [-0.39, 0.29) is 30.0 Å². The van der Waals surface area contributed by atoms with E-state index in [2.05, 4.69) is 5.32 Å². The normalized spacial score (nSPS) is 12.1. The average molecular weight is 515 g/mol. The molecule has 198 valence electrons. The smallest absolute Gasteiger partial charge is 0.329 e. The van der Waals surface area contributed by atoms with Crippen LogP contribution in [0.1, 0.15) is 61.8 Å². The number of anilines is 1. The number of carbonyl (C=O) groups is 2. The highest BCUT2D eigenvalue weighted by atomic mass is 19.4. The lowest BCUT2D eigenvalue weighted by Gasteiger charge is -2.24. The van der Waals surface area contributed by atoms with Crippen molar-refractivity contribution in [3.8, 4) is 5.69 Å². The molecule has 0 fully saturated rings. The number of nitrogens with zero attached hydrogens (tertiary/aromatic N) is 3. The molecule has 37 heavy (non-hydrogen) atoms. The molecule has 3 aromatic rings. The summed E-state index contributed by atoms with van der Waals surface area (Å²) >= 11 is 0. The number of halogens is 3. The summed E-state index contributed by atoms with van der Waals surface area (Å²) in [5.41, 5.74) is 1.58. The predicted molar refractivity (Wildman–Crippen MR) is 138 cm³/mol. The number of rotatable bonds is 7. The number of amides is 2. The molecular weight excluding hydrogens is 481 g/mol. The minimum atomic E-state index is -4.49. The lowest BCUT2D eigenvalue weighted by molar-refractivity contribution is -0.137. The van der Waals surface area contributed by atoms with Gasteiger partial charge < -0.3 is 10.2 Å². The van der Waals surface area contributed by atoms with Gasteiger partial charge in [0.25, 0.3) is 5.91 Å². The van der Waals surface area contributed by atoms with E-state index >= 15 is 0 Å². The van der Waals surface area contributed by atoms with E-state index in [0.29, 0.717) is 5.82 Å². The van der Waals surface area contributed by atoms with Crippen LogP contribution < -0.4 is 5.32 Å². The molecule has 0 aliphatic carbocycles. The van der Waals surface area contributed by atoms with E-state index in [1.54, 1.807) is 4.68 Å². The highest BCUT2D eigenvalue weighted by Gasteiger charge is 2.31. The van der Waals surface area contributed by atoms with Gasteiger partial charge in [0, 0.05) is 23.6 Å². The molecule has 2 aromatic carbocycles. The van der Waals surface area contributed by atoms with E-state index in [1.165, 1.54) is 4.90 Å². The Morgan fingerprint density at radius 1 is 1.03 bits per heavy atom. The largest absolute Gasteiger partial charge is 0.416 e. The molecule has 1 aromatic heterocycles. The number of benzene rings is 2. The van der Waals surface area contributed by atoms with Crippen molar-refractivity contribution in [2.24, 2.45) is 5.92 Å². The molecule has 0 saturated heterocycles. The van der Waals surface area contributed by atoms with E-state index in [1.807, 2.05) is 71.9 Å². The summed E-state index contributed by atoms with van der Waals surface area (Å²) in [7, 11) is 0. The fraction of sp³-hybridized carbons (Fsp3) is 0.393. The Labute approximate surface area is 215 Å². The zero-order valence-electron chi connectivity index (χ0n) is 22.0. The number of nitrogens with one attached hydrogen (secondary N) is 1. The second-order valence-electron chi connectivity index (χ2n) is 10.6. The van der Waals surface area contributed by atoms with Crippen LogP contribution in [0.3, 0.4) is 0 Å². The number of aryl methyl sites for hydroxylation is 1. The minimum Gasteiger partial charge on any atom is -0.329 e. The lowest BCUT2D eigenvalue weighted by atomic mass is 9.92. The van der Waals surface area contributed by atoms with Crippen LogP contribution in [0.4, 0.5) is 19.0 Å². The summed E-state index contributed by atoms with van der Waals surface area (Å²) in [6.07, 6.45) is -4.49. The Morgan fingerprint density at radius 2 is 1.68 bits per heavy atom. The Balaban J connectivity index is 1.86. The molecule has 1 N–H and O–H groups in total. The molecule has 0 saturated carbocycles. The fourth-order valence-corrected chi connectivity index (χ4v) is 3.79. The second-order valence-corrected chi connectivity index (χ2v) is 10.6. The van der Waals surface area contributed by atoms with Gasteiger partial charge in [-0.3, -0.25) is 9.59 Å². The topological polar surface area (TPSA) is 67.2 Å². The SMILES string of the molecule is Cc1cccc(-n2nc(C(C)(C)C)cc2NC(=O)CN(CC(C)C)C(=O)c2ccc(C(F)(F)F)cc2)c1. The van der Waals surface area contributed by atoms with Crippen LogP contribution in [-0.4, -0.2) is 39.6 Å². The van der Waals surface area contributed by atoms with Gasteiger partial charge in [-0.1, -0.05) is 46.8 Å². The molecule has 1 heterocycles. The summed E-state index contributed by atoms with van der Waals surface area (Å²) in [5.74, 6) is -0.446. The maximum atomic E-state index is 13.1. The van der Waals surface area contributed by atoms with Crippen molar-refractivity contribution in [1.29, 1.82) is 0 Å². The van der Waals surface area contributed by atoms with E-state index < -0.39 is 23.6 Å². The molecule has 2 amide bonds. The van der Waals surface area contributed by atoms with Crippen molar-refractivity contribution in [3.05, 3.63) is 77.0 Å². The Kier molecular flexibility index (Phi) is 8.15. The molecule has 9 heteroatoms. The maximum absolute atomic E-state index is 13.1. The molecule has 0 bridgehead atoms. The van der Waals surface area contributed by atoms with Crippen molar-refractivity contribution in [2.45, 2.75) is 53.1 Å². The van der Waals surface area contributed by atoms with Crippen LogP contribution in [0.15, 0.2) is 54.6 Å². The van der Waals surface area contributed by atoms with E-state index in [0.717, 1.165) is 41.2 Å². The molecule has 0 radical (unpaired) electrons. The van der Waals surface area contributed by atoms with E-state index in [4.69, 9.17) is 5.10 Å². The molecule has 0 aliphatic rings. The first-order chi connectivity index (χ1) is 17.1. The zero-order chi connectivity index (χ0) is 27.5. The van der Waals surface area contributed by atoms with Crippen LogP contribution in [-0.2, 0) is 16.4 Å². The Morgan fingerprint density at radius 3 is 2.22 bits per heavy atom. The number of hydrogen-bond acceptors (Lipinski definition) is 3. The summed E-state index contributed by atoms with van der Waals surface area (Å²) in [6, 6.07) is 13.5. The van der Waals surface area contributed by atoms with Gasteiger partial charge in [-0.2, -0.15) is 18.3 Å². The van der Waals surface area contributed by atoms with Crippen LogP contribution in [0.2, 0.25) is 0 Å². The standard InChI is InChI=1S/C28H33F3N4O2/c1-18(2)16-34(26(37)20-10-12-21(13-11-20)28(29,30)31)17-25(36)32-24-15-23(27(4,5)6)33-35(24)22-9-7-8-19(3)14-22/h7-15,18H,16-17H2,1-6H3,(H,32,36). The quantitative estimate of drug-likeness (QED) is 0.406. The van der Waals surface area contributed by atoms with Gasteiger partial charge in [0.05, 0.1) is 16.9 Å². The van der Waals surface area contributed by atoms with Crippen LogP contribution in [0, 0.1) is 12.8 Å².